The van der Waals surface area contributed by atoms with Crippen molar-refractivity contribution in [2.24, 2.45) is 10.9 Å². The molecular weight excluding hydrogens is 214 g/mol. The number of benzene rings is 1. The molecule has 0 bridgehead atoms. The summed E-state index contributed by atoms with van der Waals surface area (Å²) in [5, 5.41) is 15.0. The largest absolute Gasteiger partial charge is 0.409 e. The van der Waals surface area contributed by atoms with Crippen LogP contribution in [0, 0.1) is 0 Å². The molecule has 0 amide bonds. The Balaban J connectivity index is 1.99. The molecule has 0 saturated carbocycles. The Bertz CT molecular complexity index is 417. The number of fused-ring (bicyclic) bond motifs is 1. The third-order valence-electron chi connectivity index (χ3n) is 3.39. The molecule has 2 atom stereocenters. The van der Waals surface area contributed by atoms with Crippen LogP contribution in [0.25, 0.3) is 0 Å². The van der Waals surface area contributed by atoms with Gasteiger partial charge in [-0.3, -0.25) is 0 Å². The van der Waals surface area contributed by atoms with Crippen LogP contribution in [0.4, 0.5) is 0 Å². The summed E-state index contributed by atoms with van der Waals surface area (Å²) in [5.41, 5.74) is 8.42. The van der Waals surface area contributed by atoms with E-state index in [1.807, 2.05) is 6.92 Å². The lowest BCUT2D eigenvalue weighted by Crippen LogP contribution is -2.46. The lowest BCUT2D eigenvalue weighted by atomic mass is 9.88. The Morgan fingerprint density at radius 3 is 2.88 bits per heavy atom. The van der Waals surface area contributed by atoms with E-state index in [0.717, 1.165) is 19.3 Å². The summed E-state index contributed by atoms with van der Waals surface area (Å²) in [5.74, 6) is 0.240. The lowest BCUT2D eigenvalue weighted by molar-refractivity contribution is 0.313. The number of nitrogens with zero attached hydrogens (tertiary/aromatic N) is 1. The molecule has 1 aliphatic rings. The van der Waals surface area contributed by atoms with Crippen molar-refractivity contribution in [1.29, 1.82) is 0 Å². The summed E-state index contributed by atoms with van der Waals surface area (Å²) in [4.78, 5) is 0. The SMILES string of the molecule is CC(NC1CCc2ccccc2C1)C(N)=NO. The predicted octanol–water partition coefficient (Wildman–Crippen LogP) is 1.27. The average molecular weight is 233 g/mol. The Kier molecular flexibility index (Phi) is 3.64. The molecule has 0 aromatic heterocycles. The van der Waals surface area contributed by atoms with Gasteiger partial charge in [0.25, 0.3) is 0 Å². The first kappa shape index (κ1) is 11.9. The second kappa shape index (κ2) is 5.19. The van der Waals surface area contributed by atoms with Crippen molar-refractivity contribution < 1.29 is 5.21 Å². The van der Waals surface area contributed by atoms with E-state index >= 15 is 0 Å². The van der Waals surface area contributed by atoms with Gasteiger partial charge in [0.2, 0.25) is 0 Å². The van der Waals surface area contributed by atoms with Crippen molar-refractivity contribution in [2.75, 3.05) is 0 Å². The molecule has 0 fully saturated rings. The van der Waals surface area contributed by atoms with Gasteiger partial charge in [0, 0.05) is 6.04 Å². The van der Waals surface area contributed by atoms with Crippen LogP contribution in [0.1, 0.15) is 24.5 Å². The zero-order chi connectivity index (χ0) is 12.3. The molecule has 4 heteroatoms. The van der Waals surface area contributed by atoms with E-state index in [0.29, 0.717) is 6.04 Å². The summed E-state index contributed by atoms with van der Waals surface area (Å²) in [6.07, 6.45) is 3.20. The Morgan fingerprint density at radius 2 is 2.18 bits per heavy atom. The highest BCUT2D eigenvalue weighted by molar-refractivity contribution is 5.84. The summed E-state index contributed by atoms with van der Waals surface area (Å²) in [6.45, 7) is 1.91. The Morgan fingerprint density at radius 1 is 1.47 bits per heavy atom. The second-order valence-corrected chi connectivity index (χ2v) is 4.62. The van der Waals surface area contributed by atoms with E-state index in [9.17, 15) is 0 Å². The number of rotatable bonds is 3. The quantitative estimate of drug-likeness (QED) is 0.319. The number of nitrogens with two attached hydrogens (primary N) is 1. The molecule has 1 aromatic rings. The van der Waals surface area contributed by atoms with Gasteiger partial charge in [-0.05, 0) is 37.3 Å². The fourth-order valence-corrected chi connectivity index (χ4v) is 2.37. The molecule has 1 aromatic carbocycles. The Labute approximate surface area is 102 Å². The standard InChI is InChI=1S/C13H19N3O/c1-9(13(14)16-17)15-12-7-6-10-4-2-3-5-11(10)8-12/h2-5,9,12,15,17H,6-8H2,1H3,(H2,14,16). The van der Waals surface area contributed by atoms with Crippen molar-refractivity contribution in [2.45, 2.75) is 38.3 Å². The van der Waals surface area contributed by atoms with E-state index in [1.54, 1.807) is 0 Å². The first-order valence-electron chi connectivity index (χ1n) is 6.01. The molecule has 4 N–H and O–H groups in total. The summed E-state index contributed by atoms with van der Waals surface area (Å²) in [6, 6.07) is 8.85. The van der Waals surface area contributed by atoms with Crippen LogP contribution < -0.4 is 11.1 Å². The molecule has 2 unspecified atom stereocenters. The van der Waals surface area contributed by atoms with E-state index < -0.39 is 0 Å². The first-order valence-corrected chi connectivity index (χ1v) is 6.01. The van der Waals surface area contributed by atoms with Crippen LogP contribution in [0.5, 0.6) is 0 Å². The molecule has 0 aliphatic heterocycles. The van der Waals surface area contributed by atoms with E-state index in [-0.39, 0.29) is 11.9 Å². The average Bonchev–Trinajstić information content (AvgIpc) is 2.37. The van der Waals surface area contributed by atoms with Gasteiger partial charge >= 0.3 is 0 Å². The number of oxime groups is 1. The predicted molar refractivity (Wildman–Crippen MR) is 68.3 cm³/mol. The highest BCUT2D eigenvalue weighted by Gasteiger charge is 2.20. The summed E-state index contributed by atoms with van der Waals surface area (Å²) >= 11 is 0. The minimum atomic E-state index is -0.0877. The maximum absolute atomic E-state index is 8.62. The van der Waals surface area contributed by atoms with Crippen molar-refractivity contribution >= 4 is 5.84 Å². The maximum atomic E-state index is 8.62. The lowest BCUT2D eigenvalue weighted by Gasteiger charge is -2.28. The molecule has 17 heavy (non-hydrogen) atoms. The normalized spacial score (nSPS) is 21.9. The number of hydrogen-bond donors (Lipinski definition) is 3. The fourth-order valence-electron chi connectivity index (χ4n) is 2.37. The molecule has 4 nitrogen and oxygen atoms in total. The van der Waals surface area contributed by atoms with Gasteiger partial charge in [0.15, 0.2) is 5.84 Å². The summed E-state index contributed by atoms with van der Waals surface area (Å²) in [7, 11) is 0. The van der Waals surface area contributed by atoms with Crippen molar-refractivity contribution in [3.63, 3.8) is 0 Å². The van der Waals surface area contributed by atoms with Gasteiger partial charge in [-0.1, -0.05) is 29.4 Å². The Hall–Kier alpha value is -1.55. The first-order chi connectivity index (χ1) is 8.20. The zero-order valence-corrected chi connectivity index (χ0v) is 10.1. The number of aryl methyl sites for hydroxylation is 1. The second-order valence-electron chi connectivity index (χ2n) is 4.62. The van der Waals surface area contributed by atoms with E-state index in [2.05, 4.69) is 34.7 Å². The van der Waals surface area contributed by atoms with Crippen molar-refractivity contribution in [3.8, 4) is 0 Å². The third kappa shape index (κ3) is 2.77. The topological polar surface area (TPSA) is 70.6 Å². The van der Waals surface area contributed by atoms with Crippen molar-refractivity contribution in [3.05, 3.63) is 35.4 Å². The molecule has 2 rings (SSSR count). The van der Waals surface area contributed by atoms with Crippen LogP contribution >= 0.6 is 0 Å². The van der Waals surface area contributed by atoms with Gasteiger partial charge in [0.1, 0.15) is 0 Å². The minimum absolute atomic E-state index is 0.0877. The minimum Gasteiger partial charge on any atom is -0.409 e. The van der Waals surface area contributed by atoms with Crippen LogP contribution in [-0.4, -0.2) is 23.1 Å². The maximum Gasteiger partial charge on any atom is 0.156 e. The number of hydrogen-bond acceptors (Lipinski definition) is 3. The van der Waals surface area contributed by atoms with Gasteiger partial charge in [-0.15, -0.1) is 0 Å². The molecule has 0 heterocycles. The highest BCUT2D eigenvalue weighted by Crippen LogP contribution is 2.21. The smallest absolute Gasteiger partial charge is 0.156 e. The number of nitrogens with one attached hydrogen (secondary N) is 1. The van der Waals surface area contributed by atoms with Gasteiger partial charge in [0.05, 0.1) is 6.04 Å². The third-order valence-corrected chi connectivity index (χ3v) is 3.39. The van der Waals surface area contributed by atoms with Crippen molar-refractivity contribution in [1.82, 2.24) is 5.32 Å². The van der Waals surface area contributed by atoms with E-state index in [4.69, 9.17) is 10.9 Å². The number of amidine groups is 1. The highest BCUT2D eigenvalue weighted by atomic mass is 16.4. The zero-order valence-electron chi connectivity index (χ0n) is 10.1. The molecular formula is C13H19N3O. The van der Waals surface area contributed by atoms with Crippen LogP contribution in [0.2, 0.25) is 0 Å². The van der Waals surface area contributed by atoms with Crippen LogP contribution in [0.3, 0.4) is 0 Å². The van der Waals surface area contributed by atoms with Crippen LogP contribution in [0.15, 0.2) is 29.4 Å². The van der Waals surface area contributed by atoms with Gasteiger partial charge in [-0.2, -0.15) is 0 Å². The molecule has 1 aliphatic carbocycles. The molecule has 0 saturated heterocycles. The van der Waals surface area contributed by atoms with E-state index in [1.165, 1.54) is 11.1 Å². The summed E-state index contributed by atoms with van der Waals surface area (Å²) < 4.78 is 0. The van der Waals surface area contributed by atoms with Gasteiger partial charge in [-0.25, -0.2) is 0 Å². The van der Waals surface area contributed by atoms with Gasteiger partial charge < -0.3 is 16.3 Å². The van der Waals surface area contributed by atoms with Crippen LogP contribution in [-0.2, 0) is 12.8 Å². The molecule has 92 valence electrons. The fraction of sp³-hybridized carbons (Fsp3) is 0.462. The molecule has 0 spiro atoms. The molecule has 0 radical (unpaired) electrons. The monoisotopic (exact) mass is 233 g/mol.